The van der Waals surface area contributed by atoms with E-state index in [0.29, 0.717) is 45.5 Å². The first-order valence-electron chi connectivity index (χ1n) is 9.64. The Bertz CT molecular complexity index is 1290. The number of aromatic nitrogens is 1. The number of H-pyrrole nitrogens is 1. The Morgan fingerprint density at radius 2 is 1.81 bits per heavy atom. The Kier molecular flexibility index (Phi) is 5.51. The molecule has 0 fully saturated rings. The molecule has 0 aliphatic carbocycles. The highest BCUT2D eigenvalue weighted by molar-refractivity contribution is 6.22. The minimum absolute atomic E-state index is 0.141. The lowest BCUT2D eigenvalue weighted by Gasteiger charge is -2.10. The van der Waals surface area contributed by atoms with Crippen molar-refractivity contribution in [2.45, 2.75) is 13.0 Å². The molecule has 0 amide bonds. The van der Waals surface area contributed by atoms with E-state index < -0.39 is 11.8 Å². The van der Waals surface area contributed by atoms with Crippen LogP contribution in [-0.4, -0.2) is 26.9 Å². The van der Waals surface area contributed by atoms with Gasteiger partial charge in [-0.15, -0.1) is 0 Å². The van der Waals surface area contributed by atoms with E-state index >= 15 is 0 Å². The minimum atomic E-state index is -0.946. The van der Waals surface area contributed by atoms with Gasteiger partial charge in [0.15, 0.2) is 5.88 Å². The van der Waals surface area contributed by atoms with Gasteiger partial charge in [-0.1, -0.05) is 30.3 Å². The summed E-state index contributed by atoms with van der Waals surface area (Å²) < 4.78 is 13.7. The normalized spacial score (nSPS) is 11.7. The summed E-state index contributed by atoms with van der Waals surface area (Å²) in [4.78, 5) is 18.7. The zero-order chi connectivity index (χ0) is 22.0. The summed E-state index contributed by atoms with van der Waals surface area (Å²) in [7, 11) is 0. The molecule has 156 valence electrons. The van der Waals surface area contributed by atoms with Crippen LogP contribution >= 0.6 is 0 Å². The molecule has 1 aromatic heterocycles. The average molecular weight is 417 g/mol. The Morgan fingerprint density at radius 1 is 1.03 bits per heavy atom. The van der Waals surface area contributed by atoms with Gasteiger partial charge < -0.3 is 20.9 Å². The highest BCUT2D eigenvalue weighted by atomic mass is 19.1. The van der Waals surface area contributed by atoms with Gasteiger partial charge in [-0.05, 0) is 47.5 Å². The number of hydrogen-bond acceptors (Lipinski definition) is 4. The third kappa shape index (κ3) is 4.31. The molecule has 0 aliphatic heterocycles. The van der Waals surface area contributed by atoms with E-state index in [1.165, 1.54) is 12.1 Å². The van der Waals surface area contributed by atoms with Gasteiger partial charge in [0.05, 0.1) is 28.9 Å². The summed E-state index contributed by atoms with van der Waals surface area (Å²) in [5.74, 6) is -1.53. The number of aliphatic imine (C=N–C) groups is 1. The van der Waals surface area contributed by atoms with Crippen molar-refractivity contribution < 1.29 is 19.4 Å². The van der Waals surface area contributed by atoms with Crippen molar-refractivity contribution in [3.63, 3.8) is 0 Å². The number of aromatic amines is 1. The molecule has 0 spiro atoms. The van der Waals surface area contributed by atoms with Gasteiger partial charge in [0, 0.05) is 17.5 Å². The quantitative estimate of drug-likeness (QED) is 0.351. The SMILES string of the molecule is NCc1ccc(N=C(c2cccc(CC(=O)O)c2)c2c(O)[nH]c3cc(F)ccc23)cc1. The average Bonchev–Trinajstić information content (AvgIpc) is 3.06. The second kappa shape index (κ2) is 8.41. The molecule has 6 nitrogen and oxygen atoms in total. The van der Waals surface area contributed by atoms with E-state index in [2.05, 4.69) is 4.98 Å². The van der Waals surface area contributed by atoms with Crippen LogP contribution in [0.1, 0.15) is 22.3 Å². The molecule has 0 radical (unpaired) electrons. The molecule has 0 saturated carbocycles. The number of nitrogens with one attached hydrogen (secondary N) is 1. The summed E-state index contributed by atoms with van der Waals surface area (Å²) in [6, 6.07) is 18.5. The van der Waals surface area contributed by atoms with Crippen molar-refractivity contribution in [1.82, 2.24) is 4.98 Å². The van der Waals surface area contributed by atoms with Gasteiger partial charge in [-0.2, -0.15) is 0 Å². The van der Waals surface area contributed by atoms with E-state index in [1.54, 1.807) is 30.3 Å². The molecule has 7 heteroatoms. The van der Waals surface area contributed by atoms with Crippen LogP contribution in [0.3, 0.4) is 0 Å². The number of nitrogens with two attached hydrogens (primary N) is 1. The first kappa shape index (κ1) is 20.3. The Balaban J connectivity index is 1.93. The lowest BCUT2D eigenvalue weighted by Crippen LogP contribution is -2.06. The third-order valence-electron chi connectivity index (χ3n) is 4.95. The monoisotopic (exact) mass is 417 g/mol. The molecule has 31 heavy (non-hydrogen) atoms. The number of rotatable bonds is 6. The highest BCUT2D eigenvalue weighted by Gasteiger charge is 2.19. The summed E-state index contributed by atoms with van der Waals surface area (Å²) >= 11 is 0. The zero-order valence-electron chi connectivity index (χ0n) is 16.5. The smallest absolute Gasteiger partial charge is 0.307 e. The van der Waals surface area contributed by atoms with Crippen LogP contribution in [0.15, 0.2) is 71.7 Å². The largest absolute Gasteiger partial charge is 0.494 e. The van der Waals surface area contributed by atoms with Crippen LogP contribution in [0.2, 0.25) is 0 Å². The predicted octanol–water partition coefficient (Wildman–Crippen LogP) is 4.27. The first-order chi connectivity index (χ1) is 14.9. The van der Waals surface area contributed by atoms with Crippen LogP contribution in [0, 0.1) is 5.82 Å². The maximum atomic E-state index is 13.7. The molecule has 0 aliphatic rings. The molecule has 3 aromatic carbocycles. The Hall–Kier alpha value is -3.97. The fraction of sp³-hybridized carbons (Fsp3) is 0.0833. The maximum Gasteiger partial charge on any atom is 0.307 e. The molecule has 1 heterocycles. The van der Waals surface area contributed by atoms with Crippen molar-refractivity contribution in [2.75, 3.05) is 0 Å². The van der Waals surface area contributed by atoms with Crippen molar-refractivity contribution in [1.29, 1.82) is 0 Å². The number of carbonyl (C=O) groups is 1. The molecule has 0 atom stereocenters. The summed E-state index contributed by atoms with van der Waals surface area (Å²) in [5.41, 5.74) is 9.75. The standard InChI is InChI=1S/C24H20FN3O3/c25-17-6-9-19-20(12-17)28-24(31)22(19)23(27-18-7-4-14(13-26)5-8-18)16-3-1-2-15(10-16)11-21(29)30/h1-10,12,28,31H,11,13,26H2,(H,29,30). The molecular formula is C24H20FN3O3. The second-order valence-corrected chi connectivity index (χ2v) is 7.14. The minimum Gasteiger partial charge on any atom is -0.494 e. The Morgan fingerprint density at radius 3 is 2.52 bits per heavy atom. The van der Waals surface area contributed by atoms with Gasteiger partial charge in [0.1, 0.15) is 5.82 Å². The molecule has 0 bridgehead atoms. The van der Waals surface area contributed by atoms with Gasteiger partial charge >= 0.3 is 5.97 Å². The van der Waals surface area contributed by atoms with Crippen LogP contribution in [0.4, 0.5) is 10.1 Å². The first-order valence-corrected chi connectivity index (χ1v) is 9.64. The van der Waals surface area contributed by atoms with Crippen molar-refractivity contribution >= 4 is 28.3 Å². The number of carboxylic acids is 1. The van der Waals surface area contributed by atoms with Crippen LogP contribution < -0.4 is 5.73 Å². The second-order valence-electron chi connectivity index (χ2n) is 7.14. The lowest BCUT2D eigenvalue weighted by molar-refractivity contribution is -0.136. The maximum absolute atomic E-state index is 13.7. The van der Waals surface area contributed by atoms with Gasteiger partial charge in [0.2, 0.25) is 0 Å². The number of benzene rings is 3. The van der Waals surface area contributed by atoms with Crippen LogP contribution in [0.25, 0.3) is 10.9 Å². The van der Waals surface area contributed by atoms with Gasteiger partial charge in [0.25, 0.3) is 0 Å². The van der Waals surface area contributed by atoms with E-state index in [-0.39, 0.29) is 12.3 Å². The molecule has 4 rings (SSSR count). The number of nitrogens with zero attached hydrogens (tertiary/aromatic N) is 1. The van der Waals surface area contributed by atoms with E-state index in [1.807, 2.05) is 24.3 Å². The van der Waals surface area contributed by atoms with Gasteiger partial charge in [-0.25, -0.2) is 9.38 Å². The third-order valence-corrected chi connectivity index (χ3v) is 4.95. The van der Waals surface area contributed by atoms with Crippen molar-refractivity contribution in [2.24, 2.45) is 10.7 Å². The van der Waals surface area contributed by atoms with Crippen LogP contribution in [-0.2, 0) is 17.8 Å². The number of halogens is 1. The lowest BCUT2D eigenvalue weighted by atomic mass is 9.98. The van der Waals surface area contributed by atoms with E-state index in [9.17, 15) is 14.3 Å². The number of aromatic hydroxyl groups is 1. The zero-order valence-corrected chi connectivity index (χ0v) is 16.5. The Labute approximate surface area is 177 Å². The fourth-order valence-corrected chi connectivity index (χ4v) is 3.50. The fourth-order valence-electron chi connectivity index (χ4n) is 3.50. The number of aliphatic carboxylic acids is 1. The number of fused-ring (bicyclic) bond motifs is 1. The van der Waals surface area contributed by atoms with Crippen molar-refractivity contribution in [3.05, 3.63) is 94.8 Å². The van der Waals surface area contributed by atoms with E-state index in [4.69, 9.17) is 15.8 Å². The molecule has 0 saturated heterocycles. The van der Waals surface area contributed by atoms with Crippen LogP contribution in [0.5, 0.6) is 5.88 Å². The van der Waals surface area contributed by atoms with Crippen molar-refractivity contribution in [3.8, 4) is 5.88 Å². The topological polar surface area (TPSA) is 112 Å². The summed E-state index contributed by atoms with van der Waals surface area (Å²) in [6.07, 6.45) is -0.141. The molecule has 0 unspecified atom stereocenters. The highest BCUT2D eigenvalue weighted by Crippen LogP contribution is 2.32. The molecule has 4 aromatic rings. The molecule has 5 N–H and O–H groups in total. The predicted molar refractivity (Wildman–Crippen MR) is 117 cm³/mol. The molecular weight excluding hydrogens is 397 g/mol. The summed E-state index contributed by atoms with van der Waals surface area (Å²) in [5, 5.41) is 20.4. The van der Waals surface area contributed by atoms with Gasteiger partial charge in [-0.3, -0.25) is 4.79 Å². The number of carboxylic acid groups (broad SMARTS) is 1. The number of hydrogen-bond donors (Lipinski definition) is 4. The van der Waals surface area contributed by atoms with E-state index in [0.717, 1.165) is 5.56 Å². The summed E-state index contributed by atoms with van der Waals surface area (Å²) in [6.45, 7) is 0.406.